The van der Waals surface area contributed by atoms with E-state index in [-0.39, 0.29) is 0 Å². The molecule has 3 rings (SSSR count). The van der Waals surface area contributed by atoms with Gasteiger partial charge in [0.1, 0.15) is 0 Å². The number of hydrogen-bond donors (Lipinski definition) is 1. The molecule has 1 unspecified atom stereocenters. The van der Waals surface area contributed by atoms with Crippen molar-refractivity contribution in [3.8, 4) is 0 Å². The Morgan fingerprint density at radius 3 is 2.81 bits per heavy atom. The van der Waals surface area contributed by atoms with Crippen LogP contribution in [0.25, 0.3) is 0 Å². The summed E-state index contributed by atoms with van der Waals surface area (Å²) >= 11 is 3.74. The van der Waals surface area contributed by atoms with E-state index in [2.05, 4.69) is 26.4 Å². The first-order valence-corrected chi connectivity index (χ1v) is 10.1. The van der Waals surface area contributed by atoms with Crippen molar-refractivity contribution in [1.29, 1.82) is 0 Å². The molecule has 0 aromatic carbocycles. The molecular formula is C15H26N4S2. The molecule has 4 nitrogen and oxygen atoms in total. The van der Waals surface area contributed by atoms with Gasteiger partial charge in [-0.1, -0.05) is 0 Å². The summed E-state index contributed by atoms with van der Waals surface area (Å²) in [5, 5.41) is 4.05. The zero-order valence-corrected chi connectivity index (χ0v) is 14.4. The van der Waals surface area contributed by atoms with Gasteiger partial charge in [0.25, 0.3) is 0 Å². The molecule has 2 fully saturated rings. The van der Waals surface area contributed by atoms with Crippen LogP contribution in [0, 0.1) is 5.92 Å². The van der Waals surface area contributed by atoms with Crippen LogP contribution in [0.5, 0.6) is 0 Å². The minimum Gasteiger partial charge on any atom is -0.348 e. The fraction of sp³-hybridized carbons (Fsp3) is 0.800. The summed E-state index contributed by atoms with van der Waals surface area (Å²) in [4.78, 5) is 9.39. The summed E-state index contributed by atoms with van der Waals surface area (Å²) < 4.78 is 0. The smallest absolute Gasteiger partial charge is 0.185 e. The molecule has 2 aliphatic rings. The lowest BCUT2D eigenvalue weighted by molar-refractivity contribution is 0.248. The second-order valence-electron chi connectivity index (χ2n) is 6.21. The van der Waals surface area contributed by atoms with Crippen molar-refractivity contribution in [2.24, 2.45) is 11.7 Å². The Kier molecular flexibility index (Phi) is 5.43. The van der Waals surface area contributed by atoms with Gasteiger partial charge in [-0.3, -0.25) is 0 Å². The number of aromatic nitrogens is 1. The highest BCUT2D eigenvalue weighted by Gasteiger charge is 2.29. The third kappa shape index (κ3) is 3.92. The molecule has 21 heavy (non-hydrogen) atoms. The molecule has 6 heteroatoms. The molecule has 2 N–H and O–H groups in total. The number of thiazole rings is 1. The summed E-state index contributed by atoms with van der Waals surface area (Å²) in [6, 6.07) is 0.337. The van der Waals surface area contributed by atoms with E-state index in [9.17, 15) is 0 Å². The Hall–Kier alpha value is -0.300. The van der Waals surface area contributed by atoms with Crippen molar-refractivity contribution in [2.45, 2.75) is 30.6 Å². The molecular weight excluding hydrogens is 300 g/mol. The van der Waals surface area contributed by atoms with Crippen molar-refractivity contribution in [3.05, 3.63) is 11.6 Å². The largest absolute Gasteiger partial charge is 0.348 e. The Bertz CT molecular complexity index is 417. The third-order valence-electron chi connectivity index (χ3n) is 4.87. The van der Waals surface area contributed by atoms with Crippen LogP contribution in [0.15, 0.2) is 11.6 Å². The highest BCUT2D eigenvalue weighted by Crippen LogP contribution is 2.27. The minimum atomic E-state index is 0.337. The second-order valence-corrected chi connectivity index (χ2v) is 8.22. The normalized spacial score (nSPS) is 26.4. The van der Waals surface area contributed by atoms with Crippen LogP contribution in [0.2, 0.25) is 0 Å². The highest BCUT2D eigenvalue weighted by molar-refractivity contribution is 7.99. The molecule has 1 aromatic rings. The molecule has 2 saturated heterocycles. The molecule has 1 aromatic heterocycles. The van der Waals surface area contributed by atoms with Gasteiger partial charge in [-0.25, -0.2) is 4.98 Å². The molecule has 0 aliphatic carbocycles. The summed E-state index contributed by atoms with van der Waals surface area (Å²) in [5.74, 6) is 0.676. The molecule has 3 heterocycles. The number of hydrogen-bond acceptors (Lipinski definition) is 6. The van der Waals surface area contributed by atoms with Crippen LogP contribution in [-0.4, -0.2) is 60.2 Å². The quantitative estimate of drug-likeness (QED) is 0.898. The fourth-order valence-electron chi connectivity index (χ4n) is 3.49. The lowest BCUT2D eigenvalue weighted by Gasteiger charge is -2.35. The first-order valence-electron chi connectivity index (χ1n) is 7.91. The number of thioether (sulfide) groups is 1. The number of nitrogens with two attached hydrogens (primary N) is 1. The van der Waals surface area contributed by atoms with Gasteiger partial charge in [0, 0.05) is 49.0 Å². The van der Waals surface area contributed by atoms with E-state index >= 15 is 0 Å². The van der Waals surface area contributed by atoms with Gasteiger partial charge in [0.15, 0.2) is 5.13 Å². The summed E-state index contributed by atoms with van der Waals surface area (Å²) in [5.41, 5.74) is 6.50. The number of anilines is 1. The Morgan fingerprint density at radius 2 is 2.19 bits per heavy atom. The van der Waals surface area contributed by atoms with Crippen molar-refractivity contribution >= 4 is 28.2 Å². The van der Waals surface area contributed by atoms with E-state index in [0.717, 1.165) is 24.9 Å². The number of likely N-dealkylation sites (tertiary alicyclic amines) is 1. The number of rotatable bonds is 5. The van der Waals surface area contributed by atoms with Crippen LogP contribution in [0.3, 0.4) is 0 Å². The van der Waals surface area contributed by atoms with Crippen LogP contribution < -0.4 is 10.6 Å². The molecule has 2 aliphatic heterocycles. The number of piperidine rings is 1. The van der Waals surface area contributed by atoms with Crippen LogP contribution in [0.1, 0.15) is 19.3 Å². The SMILES string of the molecule is CS[C@H]1CCN(CC(N)C2CCN(c3nccs3)CC2)C1. The lowest BCUT2D eigenvalue weighted by atomic mass is 9.90. The van der Waals surface area contributed by atoms with E-state index < -0.39 is 0 Å². The first kappa shape index (κ1) is 15.6. The van der Waals surface area contributed by atoms with Crippen molar-refractivity contribution in [1.82, 2.24) is 9.88 Å². The zero-order chi connectivity index (χ0) is 14.7. The monoisotopic (exact) mass is 326 g/mol. The van der Waals surface area contributed by atoms with Gasteiger partial charge >= 0.3 is 0 Å². The predicted molar refractivity (Wildman–Crippen MR) is 93.4 cm³/mol. The second kappa shape index (κ2) is 7.31. The van der Waals surface area contributed by atoms with Gasteiger partial charge in [-0.15, -0.1) is 11.3 Å². The summed E-state index contributed by atoms with van der Waals surface area (Å²) in [7, 11) is 0. The van der Waals surface area contributed by atoms with Gasteiger partial charge < -0.3 is 15.5 Å². The highest BCUT2D eigenvalue weighted by atomic mass is 32.2. The standard InChI is InChI=1S/C15H26N4S2/c1-20-13-4-6-18(10-13)11-14(16)12-2-7-19(8-3-12)15-17-5-9-21-15/h5,9,12-14H,2-4,6-8,10-11,16H2,1H3/t13-,14?/m0/s1. The summed E-state index contributed by atoms with van der Waals surface area (Å²) in [6.45, 7) is 5.77. The van der Waals surface area contributed by atoms with Crippen LogP contribution >= 0.6 is 23.1 Å². The fourth-order valence-corrected chi connectivity index (χ4v) is 4.89. The van der Waals surface area contributed by atoms with Gasteiger partial charge in [-0.2, -0.15) is 11.8 Å². The number of nitrogens with zero attached hydrogens (tertiary/aromatic N) is 3. The third-order valence-corrected chi connectivity index (χ3v) is 6.75. The maximum Gasteiger partial charge on any atom is 0.185 e. The van der Waals surface area contributed by atoms with Crippen LogP contribution in [-0.2, 0) is 0 Å². The van der Waals surface area contributed by atoms with Crippen molar-refractivity contribution in [2.75, 3.05) is 43.9 Å². The molecule has 118 valence electrons. The molecule has 0 spiro atoms. The van der Waals surface area contributed by atoms with Gasteiger partial charge in [0.2, 0.25) is 0 Å². The molecule has 0 amide bonds. The Balaban J connectivity index is 1.44. The molecule has 2 atom stereocenters. The van der Waals surface area contributed by atoms with E-state index in [4.69, 9.17) is 5.73 Å². The van der Waals surface area contributed by atoms with E-state index in [1.165, 1.54) is 37.5 Å². The van der Waals surface area contributed by atoms with E-state index in [0.29, 0.717) is 12.0 Å². The lowest BCUT2D eigenvalue weighted by Crippen LogP contribution is -2.46. The van der Waals surface area contributed by atoms with Gasteiger partial charge in [-0.05, 0) is 38.0 Å². The van der Waals surface area contributed by atoms with Gasteiger partial charge in [0.05, 0.1) is 0 Å². The molecule has 0 bridgehead atoms. The van der Waals surface area contributed by atoms with E-state index in [1.54, 1.807) is 11.3 Å². The Labute approximate surface area is 136 Å². The molecule has 0 radical (unpaired) electrons. The maximum absolute atomic E-state index is 6.50. The average Bonchev–Trinajstić information content (AvgIpc) is 3.19. The Morgan fingerprint density at radius 1 is 1.38 bits per heavy atom. The van der Waals surface area contributed by atoms with Crippen molar-refractivity contribution < 1.29 is 0 Å². The van der Waals surface area contributed by atoms with Crippen LogP contribution in [0.4, 0.5) is 5.13 Å². The topological polar surface area (TPSA) is 45.4 Å². The maximum atomic E-state index is 6.50. The molecule has 0 saturated carbocycles. The minimum absolute atomic E-state index is 0.337. The van der Waals surface area contributed by atoms with Crippen molar-refractivity contribution in [3.63, 3.8) is 0 Å². The first-order chi connectivity index (χ1) is 10.3. The average molecular weight is 327 g/mol. The zero-order valence-electron chi connectivity index (χ0n) is 12.8. The predicted octanol–water partition coefficient (Wildman–Crippen LogP) is 2.12. The summed E-state index contributed by atoms with van der Waals surface area (Å²) in [6.07, 6.45) is 7.87. The van der Waals surface area contributed by atoms with E-state index in [1.807, 2.05) is 18.0 Å².